The lowest BCUT2D eigenvalue weighted by molar-refractivity contribution is -0.00106. The van der Waals surface area contributed by atoms with Gasteiger partial charge >= 0.3 is 0 Å². The van der Waals surface area contributed by atoms with Gasteiger partial charge in [0.05, 0.1) is 24.7 Å². The molecule has 1 heterocycles. The number of nitriles is 1. The summed E-state index contributed by atoms with van der Waals surface area (Å²) in [5, 5.41) is 22.1. The van der Waals surface area contributed by atoms with E-state index in [9.17, 15) is 10.4 Å². The van der Waals surface area contributed by atoms with Crippen LogP contribution < -0.4 is 4.74 Å². The Morgan fingerprint density at radius 3 is 2.45 bits per heavy atom. The highest BCUT2D eigenvalue weighted by atomic mass is 16.5. The van der Waals surface area contributed by atoms with Crippen molar-refractivity contribution in [1.82, 2.24) is 4.57 Å². The summed E-state index contributed by atoms with van der Waals surface area (Å²) in [6.45, 7) is 9.49. The molecule has 0 saturated carbocycles. The normalized spacial score (nSPS) is 13.0. The molecule has 5 nitrogen and oxygen atoms in total. The Labute approximate surface area is 168 Å². The molecule has 3 aromatic carbocycles. The van der Waals surface area contributed by atoms with Crippen LogP contribution in [-0.4, -0.2) is 21.9 Å². The number of aliphatic hydroxyl groups is 1. The Morgan fingerprint density at radius 1 is 1.07 bits per heavy atom. The minimum atomic E-state index is -1.12. The molecule has 0 spiro atoms. The van der Waals surface area contributed by atoms with Crippen molar-refractivity contribution >= 4 is 27.5 Å². The van der Waals surface area contributed by atoms with Crippen LogP contribution in [0.1, 0.15) is 12.5 Å². The predicted molar refractivity (Wildman–Crippen MR) is 113 cm³/mol. The smallest absolute Gasteiger partial charge is 0.188 e. The lowest BCUT2D eigenvalue weighted by atomic mass is 10.1. The maximum Gasteiger partial charge on any atom is 0.188 e. The average molecular weight is 381 g/mol. The monoisotopic (exact) mass is 381 g/mol. The third-order valence-electron chi connectivity index (χ3n) is 4.90. The summed E-state index contributed by atoms with van der Waals surface area (Å²) in [6, 6.07) is 22.5. The fraction of sp³-hybridized carbons (Fsp3) is 0.167. The summed E-state index contributed by atoms with van der Waals surface area (Å²) >= 11 is 0. The molecule has 1 aromatic heterocycles. The van der Waals surface area contributed by atoms with E-state index in [4.69, 9.17) is 11.3 Å². The van der Waals surface area contributed by atoms with Crippen LogP contribution >= 0.6 is 0 Å². The number of benzene rings is 3. The zero-order valence-corrected chi connectivity index (χ0v) is 16.0. The molecule has 0 bridgehead atoms. The number of nitrogens with zero attached hydrogens (tertiary/aromatic N) is 3. The van der Waals surface area contributed by atoms with Gasteiger partial charge in [0.2, 0.25) is 0 Å². The molecule has 29 heavy (non-hydrogen) atoms. The van der Waals surface area contributed by atoms with E-state index in [2.05, 4.69) is 10.9 Å². The van der Waals surface area contributed by atoms with Crippen molar-refractivity contribution in [3.8, 4) is 11.8 Å². The Bertz CT molecular complexity index is 1200. The van der Waals surface area contributed by atoms with Gasteiger partial charge in [-0.1, -0.05) is 24.3 Å². The SMILES string of the molecule is [C-]#[N+]c1ccc2c(c1)c1cc(C#N)ccc1n2CC(C)(O)COc1ccccc1. The number of hydrogen-bond donors (Lipinski definition) is 1. The van der Waals surface area contributed by atoms with Gasteiger partial charge in [0, 0.05) is 16.4 Å². The van der Waals surface area contributed by atoms with Crippen LogP contribution in [0.3, 0.4) is 0 Å². The fourth-order valence-electron chi connectivity index (χ4n) is 3.54. The minimum absolute atomic E-state index is 0.134. The van der Waals surface area contributed by atoms with Crippen LogP contribution in [0.2, 0.25) is 0 Å². The molecule has 0 radical (unpaired) electrons. The first-order chi connectivity index (χ1) is 14.0. The second kappa shape index (κ2) is 7.31. The van der Waals surface area contributed by atoms with Crippen LogP contribution in [0.4, 0.5) is 5.69 Å². The minimum Gasteiger partial charge on any atom is -0.491 e. The van der Waals surface area contributed by atoms with Crippen molar-refractivity contribution in [2.75, 3.05) is 6.61 Å². The number of para-hydroxylation sites is 1. The molecule has 1 atom stereocenters. The topological polar surface area (TPSA) is 62.5 Å². The highest BCUT2D eigenvalue weighted by Crippen LogP contribution is 2.33. The second-order valence-electron chi connectivity index (χ2n) is 7.34. The Balaban J connectivity index is 1.75. The number of fused-ring (bicyclic) bond motifs is 3. The maximum atomic E-state index is 11.0. The Hall–Kier alpha value is -3.80. The molecule has 0 aliphatic rings. The number of rotatable bonds is 5. The number of ether oxygens (including phenoxy) is 1. The summed E-state index contributed by atoms with van der Waals surface area (Å²) in [5.41, 5.74) is 1.78. The molecular weight excluding hydrogens is 362 g/mol. The lowest BCUT2D eigenvalue weighted by Gasteiger charge is -2.25. The zero-order valence-electron chi connectivity index (χ0n) is 16.0. The van der Waals surface area contributed by atoms with Gasteiger partial charge in [0.1, 0.15) is 18.0 Å². The molecule has 5 heteroatoms. The zero-order chi connectivity index (χ0) is 20.4. The quantitative estimate of drug-likeness (QED) is 0.492. The van der Waals surface area contributed by atoms with Crippen molar-refractivity contribution in [3.05, 3.63) is 83.7 Å². The van der Waals surface area contributed by atoms with E-state index in [1.807, 2.05) is 59.2 Å². The van der Waals surface area contributed by atoms with E-state index < -0.39 is 5.60 Å². The highest BCUT2D eigenvalue weighted by molar-refractivity contribution is 6.09. The van der Waals surface area contributed by atoms with Gasteiger partial charge in [0.25, 0.3) is 0 Å². The van der Waals surface area contributed by atoms with Crippen molar-refractivity contribution in [1.29, 1.82) is 5.26 Å². The standard InChI is InChI=1S/C24H19N3O2/c1-24(28,16-29-19-6-4-3-5-7-19)15-27-22-10-8-17(14-25)12-20(22)21-13-18(26-2)9-11-23(21)27/h3-13,28H,15-16H2,1H3. The second-order valence-corrected chi connectivity index (χ2v) is 7.34. The van der Waals surface area contributed by atoms with Gasteiger partial charge in [-0.25, -0.2) is 4.85 Å². The van der Waals surface area contributed by atoms with E-state index in [1.165, 1.54) is 0 Å². The van der Waals surface area contributed by atoms with Crippen molar-refractivity contribution in [3.63, 3.8) is 0 Å². The van der Waals surface area contributed by atoms with Crippen molar-refractivity contribution in [2.45, 2.75) is 19.1 Å². The summed E-state index contributed by atoms with van der Waals surface area (Å²) in [7, 11) is 0. The summed E-state index contributed by atoms with van der Waals surface area (Å²) in [4.78, 5) is 3.52. The number of hydrogen-bond acceptors (Lipinski definition) is 3. The van der Waals surface area contributed by atoms with E-state index in [-0.39, 0.29) is 6.61 Å². The van der Waals surface area contributed by atoms with E-state index in [1.54, 1.807) is 19.1 Å². The van der Waals surface area contributed by atoms with E-state index in [0.29, 0.717) is 23.5 Å². The fourth-order valence-corrected chi connectivity index (χ4v) is 3.54. The van der Waals surface area contributed by atoms with Gasteiger partial charge in [-0.3, -0.25) is 0 Å². The van der Waals surface area contributed by atoms with Crippen LogP contribution in [-0.2, 0) is 6.54 Å². The Kier molecular flexibility index (Phi) is 4.68. The molecular formula is C24H19N3O2. The van der Waals surface area contributed by atoms with Gasteiger partial charge in [0.15, 0.2) is 5.69 Å². The molecule has 0 aliphatic heterocycles. The van der Waals surface area contributed by atoms with E-state index >= 15 is 0 Å². The first-order valence-corrected chi connectivity index (χ1v) is 9.24. The first-order valence-electron chi connectivity index (χ1n) is 9.24. The van der Waals surface area contributed by atoms with Crippen LogP contribution in [0.5, 0.6) is 5.75 Å². The van der Waals surface area contributed by atoms with Gasteiger partial charge in [-0.2, -0.15) is 5.26 Å². The largest absolute Gasteiger partial charge is 0.491 e. The number of aromatic nitrogens is 1. The molecule has 4 rings (SSSR count). The van der Waals surface area contributed by atoms with Crippen LogP contribution in [0, 0.1) is 17.9 Å². The Morgan fingerprint density at radius 2 is 1.76 bits per heavy atom. The summed E-state index contributed by atoms with van der Waals surface area (Å²) in [6.07, 6.45) is 0. The van der Waals surface area contributed by atoms with Crippen LogP contribution in [0.15, 0.2) is 66.7 Å². The molecule has 1 N–H and O–H groups in total. The third-order valence-corrected chi connectivity index (χ3v) is 4.90. The molecule has 0 amide bonds. The van der Waals surface area contributed by atoms with Crippen LogP contribution in [0.25, 0.3) is 26.7 Å². The van der Waals surface area contributed by atoms with Gasteiger partial charge < -0.3 is 14.4 Å². The lowest BCUT2D eigenvalue weighted by Crippen LogP contribution is -2.37. The summed E-state index contributed by atoms with van der Waals surface area (Å²) in [5.74, 6) is 0.704. The summed E-state index contributed by atoms with van der Waals surface area (Å²) < 4.78 is 7.79. The maximum absolute atomic E-state index is 11.0. The molecule has 1 unspecified atom stereocenters. The van der Waals surface area contributed by atoms with E-state index in [0.717, 1.165) is 21.8 Å². The average Bonchev–Trinajstić information content (AvgIpc) is 3.04. The first kappa shape index (κ1) is 18.6. The van der Waals surface area contributed by atoms with Gasteiger partial charge in [-0.05, 0) is 54.8 Å². The highest BCUT2D eigenvalue weighted by Gasteiger charge is 2.25. The molecule has 0 aliphatic carbocycles. The van der Waals surface area contributed by atoms with Crippen molar-refractivity contribution < 1.29 is 9.84 Å². The molecule has 0 fully saturated rings. The molecule has 4 aromatic rings. The molecule has 142 valence electrons. The molecule has 0 saturated heterocycles. The predicted octanol–water partition coefficient (Wildman–Crippen LogP) is 5.05. The third kappa shape index (κ3) is 3.65. The van der Waals surface area contributed by atoms with Gasteiger partial charge in [-0.15, -0.1) is 0 Å². The van der Waals surface area contributed by atoms with Crippen molar-refractivity contribution in [2.24, 2.45) is 0 Å².